The number of methoxy groups -OCH3 is 1. The van der Waals surface area contributed by atoms with E-state index in [-0.39, 0.29) is 23.8 Å². The van der Waals surface area contributed by atoms with Gasteiger partial charge in [0.05, 0.1) is 36.8 Å². The average Bonchev–Trinajstić information content (AvgIpc) is 3.40. The molecule has 4 aromatic rings. The van der Waals surface area contributed by atoms with E-state index in [0.29, 0.717) is 36.0 Å². The lowest BCUT2D eigenvalue weighted by Crippen LogP contribution is -2.39. The molecule has 1 amide bonds. The third-order valence-corrected chi connectivity index (χ3v) is 7.54. The van der Waals surface area contributed by atoms with Gasteiger partial charge in [-0.15, -0.1) is 0 Å². The summed E-state index contributed by atoms with van der Waals surface area (Å²) < 4.78 is 6.73. The predicted octanol–water partition coefficient (Wildman–Crippen LogP) is 5.34. The summed E-state index contributed by atoms with van der Waals surface area (Å²) in [6.07, 6.45) is 4.55. The van der Waals surface area contributed by atoms with Crippen molar-refractivity contribution in [2.24, 2.45) is 5.92 Å². The highest BCUT2D eigenvalue weighted by molar-refractivity contribution is 6.07. The average molecular weight is 550 g/mol. The van der Waals surface area contributed by atoms with Crippen molar-refractivity contribution >= 4 is 22.8 Å². The summed E-state index contributed by atoms with van der Waals surface area (Å²) in [6.45, 7) is 3.75. The summed E-state index contributed by atoms with van der Waals surface area (Å²) in [5.74, 6) is 5.47. The van der Waals surface area contributed by atoms with Crippen LogP contribution in [0.25, 0.3) is 22.0 Å². The zero-order valence-electron chi connectivity index (χ0n) is 23.7. The Morgan fingerprint density at radius 2 is 1.68 bits per heavy atom. The van der Waals surface area contributed by atoms with Crippen molar-refractivity contribution in [2.75, 3.05) is 7.11 Å². The molecule has 1 saturated carbocycles. The largest absolute Gasteiger partial charge is 0.469 e. The molecule has 41 heavy (non-hydrogen) atoms. The van der Waals surface area contributed by atoms with Crippen LogP contribution in [0.1, 0.15) is 61.0 Å². The fourth-order valence-electron chi connectivity index (χ4n) is 5.34. The fourth-order valence-corrected chi connectivity index (χ4v) is 5.34. The van der Waals surface area contributed by atoms with E-state index in [1.54, 1.807) is 26.1 Å². The first-order chi connectivity index (χ1) is 19.7. The number of fused-ring (bicyclic) bond motifs is 1. The number of carbonyl (C=O) groups excluding carboxylic acids is 2. The van der Waals surface area contributed by atoms with E-state index >= 15 is 0 Å². The molecule has 3 aromatic carbocycles. The summed E-state index contributed by atoms with van der Waals surface area (Å²) >= 11 is 0. The van der Waals surface area contributed by atoms with Crippen molar-refractivity contribution in [3.63, 3.8) is 0 Å². The molecule has 0 spiro atoms. The Morgan fingerprint density at radius 3 is 2.34 bits per heavy atom. The van der Waals surface area contributed by atoms with Crippen LogP contribution in [0.4, 0.5) is 0 Å². The van der Waals surface area contributed by atoms with Gasteiger partial charge in [-0.2, -0.15) is 5.10 Å². The Hall–Kier alpha value is -4.41. The van der Waals surface area contributed by atoms with Crippen LogP contribution in [-0.2, 0) is 16.1 Å². The maximum absolute atomic E-state index is 13.6. The molecule has 1 aromatic heterocycles. The number of amides is 1. The first-order valence-corrected chi connectivity index (χ1v) is 14.0. The Morgan fingerprint density at radius 1 is 1.00 bits per heavy atom. The van der Waals surface area contributed by atoms with E-state index in [0.717, 1.165) is 34.9 Å². The minimum absolute atomic E-state index is 0.0185. The van der Waals surface area contributed by atoms with E-state index < -0.39 is 5.60 Å². The van der Waals surface area contributed by atoms with E-state index in [1.165, 1.54) is 7.11 Å². The molecule has 1 fully saturated rings. The minimum Gasteiger partial charge on any atom is -0.469 e. The molecule has 1 heterocycles. The second-order valence-electron chi connectivity index (χ2n) is 11.1. The number of hydrogen-bond donors (Lipinski definition) is 2. The number of ether oxygens (including phenoxy) is 1. The standard InChI is InChI=1S/C34H35N3O4/c1-34(2,40)20-19-26-15-18-29(32(38)36-28-16-13-27(14-17-28)33(39)41-3)31-30(26)21-35-37(31)22-23-9-11-25(12-10-23)24-7-5-4-6-8-24/h4-12,15,18,21,27-28,40H,13-14,16-17,22H2,1-3H3,(H,36,38). The van der Waals surface area contributed by atoms with Gasteiger partial charge in [-0.1, -0.05) is 66.4 Å². The quantitative estimate of drug-likeness (QED) is 0.250. The first-order valence-electron chi connectivity index (χ1n) is 14.0. The molecule has 0 atom stereocenters. The molecule has 7 nitrogen and oxygen atoms in total. The molecule has 2 N–H and O–H groups in total. The number of benzene rings is 3. The van der Waals surface area contributed by atoms with Crippen LogP contribution in [0.5, 0.6) is 0 Å². The monoisotopic (exact) mass is 549 g/mol. The van der Waals surface area contributed by atoms with Gasteiger partial charge in [0, 0.05) is 17.0 Å². The van der Waals surface area contributed by atoms with Crippen LogP contribution < -0.4 is 5.32 Å². The molecule has 0 aliphatic heterocycles. The van der Waals surface area contributed by atoms with Gasteiger partial charge in [0.25, 0.3) is 5.91 Å². The van der Waals surface area contributed by atoms with Crippen molar-refractivity contribution in [1.29, 1.82) is 0 Å². The van der Waals surface area contributed by atoms with Crippen LogP contribution >= 0.6 is 0 Å². The highest BCUT2D eigenvalue weighted by Gasteiger charge is 2.28. The number of esters is 1. The van der Waals surface area contributed by atoms with Gasteiger partial charge in [0.15, 0.2) is 0 Å². The molecule has 0 bridgehead atoms. The second-order valence-corrected chi connectivity index (χ2v) is 11.1. The highest BCUT2D eigenvalue weighted by atomic mass is 16.5. The number of aliphatic hydroxyl groups is 1. The number of hydrogen-bond acceptors (Lipinski definition) is 5. The molecule has 0 saturated heterocycles. The summed E-state index contributed by atoms with van der Waals surface area (Å²) in [6, 6.07) is 22.1. The Labute approximate surface area is 240 Å². The van der Waals surface area contributed by atoms with Gasteiger partial charge in [-0.3, -0.25) is 14.3 Å². The minimum atomic E-state index is -1.15. The van der Waals surface area contributed by atoms with Gasteiger partial charge in [-0.25, -0.2) is 0 Å². The van der Waals surface area contributed by atoms with E-state index in [4.69, 9.17) is 4.74 Å². The predicted molar refractivity (Wildman–Crippen MR) is 159 cm³/mol. The van der Waals surface area contributed by atoms with Crippen molar-refractivity contribution in [2.45, 2.75) is 57.7 Å². The molecular formula is C34H35N3O4. The van der Waals surface area contributed by atoms with Crippen LogP contribution in [0.15, 0.2) is 72.9 Å². The Kier molecular flexibility index (Phi) is 8.23. The normalized spacial score (nSPS) is 17.0. The third-order valence-electron chi connectivity index (χ3n) is 7.54. The lowest BCUT2D eigenvalue weighted by Gasteiger charge is -2.27. The van der Waals surface area contributed by atoms with Gasteiger partial charge < -0.3 is 15.2 Å². The van der Waals surface area contributed by atoms with E-state index in [2.05, 4.69) is 58.7 Å². The number of aromatic nitrogens is 2. The molecule has 1 aliphatic rings. The van der Waals surface area contributed by atoms with Crippen molar-refractivity contribution in [3.8, 4) is 23.0 Å². The molecular weight excluding hydrogens is 514 g/mol. The van der Waals surface area contributed by atoms with Crippen LogP contribution in [0, 0.1) is 17.8 Å². The van der Waals surface area contributed by atoms with Crippen molar-refractivity contribution in [3.05, 3.63) is 89.6 Å². The zero-order valence-corrected chi connectivity index (χ0v) is 23.7. The smallest absolute Gasteiger partial charge is 0.308 e. The van der Waals surface area contributed by atoms with Gasteiger partial charge >= 0.3 is 5.97 Å². The fraction of sp³-hybridized carbons (Fsp3) is 0.324. The van der Waals surface area contributed by atoms with Crippen LogP contribution in [-0.4, -0.2) is 45.5 Å². The van der Waals surface area contributed by atoms with Gasteiger partial charge in [-0.05, 0) is 68.4 Å². The second kappa shape index (κ2) is 12.0. The molecule has 0 unspecified atom stereocenters. The summed E-state index contributed by atoms with van der Waals surface area (Å²) in [7, 11) is 1.41. The maximum atomic E-state index is 13.6. The molecule has 210 valence electrons. The number of rotatable bonds is 6. The topological polar surface area (TPSA) is 93.4 Å². The maximum Gasteiger partial charge on any atom is 0.308 e. The summed E-state index contributed by atoms with van der Waals surface area (Å²) in [5.41, 5.74) is 4.09. The lowest BCUT2D eigenvalue weighted by molar-refractivity contribution is -0.146. The SMILES string of the molecule is COC(=O)C1CCC(NC(=O)c2ccc(C#CC(C)(C)O)c3cnn(Cc4ccc(-c5ccccc5)cc4)c23)CC1. The molecule has 5 rings (SSSR count). The molecule has 0 radical (unpaired) electrons. The Bertz CT molecular complexity index is 1600. The Balaban J connectivity index is 1.44. The van der Waals surface area contributed by atoms with E-state index in [9.17, 15) is 14.7 Å². The first kappa shape index (κ1) is 28.1. The number of nitrogens with zero attached hydrogens (tertiary/aromatic N) is 2. The van der Waals surface area contributed by atoms with Gasteiger partial charge in [0.1, 0.15) is 5.60 Å². The number of nitrogens with one attached hydrogen (secondary N) is 1. The van der Waals surface area contributed by atoms with Crippen LogP contribution in [0.3, 0.4) is 0 Å². The summed E-state index contributed by atoms with van der Waals surface area (Å²) in [4.78, 5) is 25.5. The lowest BCUT2D eigenvalue weighted by atomic mass is 9.86. The van der Waals surface area contributed by atoms with Crippen LogP contribution in [0.2, 0.25) is 0 Å². The summed E-state index contributed by atoms with van der Waals surface area (Å²) in [5, 5.41) is 18.8. The zero-order chi connectivity index (χ0) is 29.0. The van der Waals surface area contributed by atoms with E-state index in [1.807, 2.05) is 28.9 Å². The van der Waals surface area contributed by atoms with Crippen molar-refractivity contribution in [1.82, 2.24) is 15.1 Å². The highest BCUT2D eigenvalue weighted by Crippen LogP contribution is 2.28. The third kappa shape index (κ3) is 6.67. The van der Waals surface area contributed by atoms with Crippen molar-refractivity contribution < 1.29 is 19.4 Å². The van der Waals surface area contributed by atoms with Gasteiger partial charge in [0.2, 0.25) is 0 Å². The number of carbonyl (C=O) groups is 2. The molecule has 7 heteroatoms. The molecule has 1 aliphatic carbocycles.